The van der Waals surface area contributed by atoms with Crippen molar-refractivity contribution in [2.45, 2.75) is 46.1 Å². The Labute approximate surface area is 111 Å². The van der Waals surface area contributed by atoms with Crippen molar-refractivity contribution in [3.8, 4) is 0 Å². The molecule has 1 fully saturated rings. The zero-order valence-electron chi connectivity index (χ0n) is 12.1. The fraction of sp³-hybridized carbons (Fsp3) is 0.929. The lowest BCUT2D eigenvalue weighted by atomic mass is 9.96. The van der Waals surface area contributed by atoms with Crippen LogP contribution in [0.4, 0.5) is 0 Å². The van der Waals surface area contributed by atoms with Crippen LogP contribution >= 0.6 is 0 Å². The van der Waals surface area contributed by atoms with Crippen molar-refractivity contribution >= 4 is 5.91 Å². The van der Waals surface area contributed by atoms with E-state index in [1.807, 2.05) is 0 Å². The van der Waals surface area contributed by atoms with Gasteiger partial charge in [0.2, 0.25) is 5.91 Å². The van der Waals surface area contributed by atoms with Gasteiger partial charge in [0.25, 0.3) is 0 Å². The fourth-order valence-corrected chi connectivity index (χ4v) is 2.50. The molecular formula is C14H29N3O. The van der Waals surface area contributed by atoms with Crippen LogP contribution in [0.5, 0.6) is 0 Å². The minimum Gasteiger partial charge on any atom is -0.354 e. The predicted octanol–water partition coefficient (Wildman–Crippen LogP) is 1.21. The monoisotopic (exact) mass is 255 g/mol. The van der Waals surface area contributed by atoms with Crippen LogP contribution in [0.2, 0.25) is 0 Å². The Kier molecular flexibility index (Phi) is 6.65. The molecule has 4 heteroatoms. The zero-order chi connectivity index (χ0) is 13.5. The second-order valence-electron chi connectivity index (χ2n) is 5.86. The van der Waals surface area contributed by atoms with Gasteiger partial charge in [-0.3, -0.25) is 4.79 Å². The predicted molar refractivity (Wildman–Crippen MR) is 75.3 cm³/mol. The Balaban J connectivity index is 2.19. The molecule has 4 nitrogen and oxygen atoms in total. The van der Waals surface area contributed by atoms with E-state index >= 15 is 0 Å². The highest BCUT2D eigenvalue weighted by Crippen LogP contribution is 2.15. The van der Waals surface area contributed by atoms with E-state index in [0.717, 1.165) is 32.6 Å². The van der Waals surface area contributed by atoms with E-state index in [0.29, 0.717) is 11.8 Å². The summed E-state index contributed by atoms with van der Waals surface area (Å²) in [5.41, 5.74) is 5.86. The van der Waals surface area contributed by atoms with Gasteiger partial charge in [0.1, 0.15) is 0 Å². The number of rotatable bonds is 6. The number of piperidine rings is 1. The van der Waals surface area contributed by atoms with Crippen molar-refractivity contribution in [3.05, 3.63) is 0 Å². The lowest BCUT2D eigenvalue weighted by Crippen LogP contribution is -2.44. The smallest absolute Gasteiger partial charge is 0.236 e. The number of likely N-dealkylation sites (tertiary alicyclic amines) is 1. The molecule has 0 bridgehead atoms. The molecule has 0 spiro atoms. The molecule has 3 N–H and O–H groups in total. The molecule has 0 aromatic rings. The summed E-state index contributed by atoms with van der Waals surface area (Å²) in [6.45, 7) is 10.6. The summed E-state index contributed by atoms with van der Waals surface area (Å²) in [5.74, 6) is 1.11. The highest BCUT2D eigenvalue weighted by Gasteiger charge is 2.20. The van der Waals surface area contributed by atoms with E-state index in [-0.39, 0.29) is 11.9 Å². The Bertz CT molecular complexity index is 247. The number of hydrogen-bond donors (Lipinski definition) is 2. The van der Waals surface area contributed by atoms with Crippen LogP contribution in [0.25, 0.3) is 0 Å². The van der Waals surface area contributed by atoms with Gasteiger partial charge in [-0.2, -0.15) is 0 Å². The van der Waals surface area contributed by atoms with Crippen LogP contribution in [-0.2, 0) is 4.79 Å². The molecule has 0 aliphatic carbocycles. The maximum absolute atomic E-state index is 11.8. The third-order valence-electron chi connectivity index (χ3n) is 3.78. The molecule has 106 valence electrons. The molecule has 1 heterocycles. The molecule has 1 amide bonds. The van der Waals surface area contributed by atoms with Gasteiger partial charge < -0.3 is 16.0 Å². The van der Waals surface area contributed by atoms with Crippen LogP contribution in [0.15, 0.2) is 0 Å². The highest BCUT2D eigenvalue weighted by atomic mass is 16.2. The normalized spacial score (nSPS) is 20.1. The molecule has 0 aromatic carbocycles. The minimum atomic E-state index is -0.347. The van der Waals surface area contributed by atoms with Crippen molar-refractivity contribution in [1.29, 1.82) is 0 Å². The van der Waals surface area contributed by atoms with Gasteiger partial charge in [0.05, 0.1) is 6.04 Å². The summed E-state index contributed by atoms with van der Waals surface area (Å²) in [7, 11) is 0. The number of amides is 1. The first-order valence-corrected chi connectivity index (χ1v) is 7.28. The van der Waals surface area contributed by atoms with Crippen molar-refractivity contribution in [3.63, 3.8) is 0 Å². The van der Waals surface area contributed by atoms with Gasteiger partial charge in [-0.1, -0.05) is 20.8 Å². The Morgan fingerprint density at radius 2 is 2.00 bits per heavy atom. The maximum Gasteiger partial charge on any atom is 0.236 e. The van der Waals surface area contributed by atoms with Gasteiger partial charge in [-0.15, -0.1) is 0 Å². The second kappa shape index (κ2) is 7.74. The van der Waals surface area contributed by atoms with Gasteiger partial charge in [-0.25, -0.2) is 0 Å². The number of carbonyl (C=O) groups is 1. The third-order valence-corrected chi connectivity index (χ3v) is 3.78. The van der Waals surface area contributed by atoms with E-state index in [2.05, 4.69) is 31.0 Å². The zero-order valence-corrected chi connectivity index (χ0v) is 12.1. The van der Waals surface area contributed by atoms with E-state index in [4.69, 9.17) is 5.73 Å². The van der Waals surface area contributed by atoms with E-state index in [9.17, 15) is 4.79 Å². The van der Waals surface area contributed by atoms with Crippen molar-refractivity contribution in [2.75, 3.05) is 26.2 Å². The van der Waals surface area contributed by atoms with E-state index < -0.39 is 0 Å². The standard InChI is InChI=1S/C14H29N3O/c1-4-17-7-5-12(6-8-17)10-16-14(18)13(15)9-11(2)3/h11-13H,4-10,15H2,1-3H3,(H,16,18)/t13-/m1/s1. The van der Waals surface area contributed by atoms with Crippen LogP contribution < -0.4 is 11.1 Å². The average Bonchev–Trinajstić information content (AvgIpc) is 2.35. The van der Waals surface area contributed by atoms with Crippen molar-refractivity contribution in [2.24, 2.45) is 17.6 Å². The van der Waals surface area contributed by atoms with Gasteiger partial charge >= 0.3 is 0 Å². The molecule has 1 aliphatic heterocycles. The Hall–Kier alpha value is -0.610. The molecule has 1 saturated heterocycles. The molecule has 0 radical (unpaired) electrons. The maximum atomic E-state index is 11.8. The summed E-state index contributed by atoms with van der Waals surface area (Å²) >= 11 is 0. The summed E-state index contributed by atoms with van der Waals surface area (Å²) in [5, 5.41) is 3.01. The first kappa shape index (κ1) is 15.4. The lowest BCUT2D eigenvalue weighted by Gasteiger charge is -2.31. The SMILES string of the molecule is CCN1CCC(CNC(=O)[C@H](N)CC(C)C)CC1. The molecule has 0 saturated carbocycles. The summed E-state index contributed by atoms with van der Waals surface area (Å²) in [6, 6.07) is -0.347. The Morgan fingerprint density at radius 1 is 1.39 bits per heavy atom. The van der Waals surface area contributed by atoms with E-state index in [1.54, 1.807) is 0 Å². The largest absolute Gasteiger partial charge is 0.354 e. The van der Waals surface area contributed by atoms with Crippen LogP contribution in [0.3, 0.4) is 0 Å². The van der Waals surface area contributed by atoms with Gasteiger partial charge in [0, 0.05) is 6.54 Å². The molecular weight excluding hydrogens is 226 g/mol. The quantitative estimate of drug-likeness (QED) is 0.750. The first-order valence-electron chi connectivity index (χ1n) is 7.28. The van der Waals surface area contributed by atoms with Crippen molar-refractivity contribution < 1.29 is 4.79 Å². The number of nitrogens with zero attached hydrogens (tertiary/aromatic N) is 1. The summed E-state index contributed by atoms with van der Waals surface area (Å²) < 4.78 is 0. The van der Waals surface area contributed by atoms with Crippen LogP contribution in [0, 0.1) is 11.8 Å². The Morgan fingerprint density at radius 3 is 2.50 bits per heavy atom. The molecule has 18 heavy (non-hydrogen) atoms. The molecule has 1 rings (SSSR count). The average molecular weight is 255 g/mol. The highest BCUT2D eigenvalue weighted by molar-refractivity contribution is 5.81. The number of nitrogens with one attached hydrogen (secondary N) is 1. The molecule has 0 aromatic heterocycles. The van der Waals surface area contributed by atoms with Crippen molar-refractivity contribution in [1.82, 2.24) is 10.2 Å². The summed E-state index contributed by atoms with van der Waals surface area (Å²) in [6.07, 6.45) is 3.14. The van der Waals surface area contributed by atoms with Gasteiger partial charge in [-0.05, 0) is 50.7 Å². The van der Waals surface area contributed by atoms with Crippen LogP contribution in [-0.4, -0.2) is 43.0 Å². The topological polar surface area (TPSA) is 58.4 Å². The molecule has 1 aliphatic rings. The summed E-state index contributed by atoms with van der Waals surface area (Å²) in [4.78, 5) is 14.3. The minimum absolute atomic E-state index is 0.0154. The number of carbonyl (C=O) groups excluding carboxylic acids is 1. The lowest BCUT2D eigenvalue weighted by molar-refractivity contribution is -0.122. The second-order valence-corrected chi connectivity index (χ2v) is 5.86. The van der Waals surface area contributed by atoms with E-state index in [1.165, 1.54) is 12.8 Å². The molecule has 1 atom stereocenters. The fourth-order valence-electron chi connectivity index (χ4n) is 2.50. The number of nitrogens with two attached hydrogens (primary N) is 1. The van der Waals surface area contributed by atoms with Crippen LogP contribution in [0.1, 0.15) is 40.0 Å². The third kappa shape index (κ3) is 5.36. The van der Waals surface area contributed by atoms with Gasteiger partial charge in [0.15, 0.2) is 0 Å². The molecule has 0 unspecified atom stereocenters. The number of hydrogen-bond acceptors (Lipinski definition) is 3. The first-order chi connectivity index (χ1) is 8.52.